The van der Waals surface area contributed by atoms with E-state index in [0.29, 0.717) is 30.3 Å². The molecule has 4 aromatic rings. The van der Waals surface area contributed by atoms with Crippen LogP contribution >= 0.6 is 11.6 Å². The monoisotopic (exact) mass is 701 g/mol. The summed E-state index contributed by atoms with van der Waals surface area (Å²) in [6, 6.07) is 21.1. The first kappa shape index (κ1) is 34.5. The fraction of sp³-hybridized carbons (Fsp3) is 0.342. The van der Waals surface area contributed by atoms with E-state index in [9.17, 15) is 22.8 Å². The lowest BCUT2D eigenvalue weighted by molar-refractivity contribution is -0.133. The quantitative estimate of drug-likeness (QED) is 0.172. The molecule has 2 amide bonds. The molecular weight excluding hydrogens is 662 g/mol. The number of nitrogens with one attached hydrogen (secondary N) is 2. The van der Waals surface area contributed by atoms with Crippen LogP contribution in [-0.2, 0) is 27.8 Å². The van der Waals surface area contributed by atoms with Gasteiger partial charge >= 0.3 is 0 Å². The van der Waals surface area contributed by atoms with Gasteiger partial charge in [0.2, 0.25) is 15.9 Å². The number of nitrogens with zero attached hydrogens (tertiary/aromatic N) is 1. The molecule has 3 aromatic carbocycles. The SMILES string of the molecule is CS(=O)(=O)Nc1ccc2oc(C(=O)N[C@H](C=C3CCC(c4ccccc4CN4CCCCC4=O)CC3)Cc3ccc(Cl)cc3)cc(=O)c2c1. The van der Waals surface area contributed by atoms with Crippen molar-refractivity contribution in [2.75, 3.05) is 17.5 Å². The van der Waals surface area contributed by atoms with Crippen molar-refractivity contribution in [1.29, 1.82) is 0 Å². The fourth-order valence-electron chi connectivity index (χ4n) is 6.87. The molecule has 1 saturated carbocycles. The van der Waals surface area contributed by atoms with Crippen molar-refractivity contribution in [1.82, 2.24) is 10.2 Å². The average molecular weight is 702 g/mol. The standard InChI is InChI=1S/C38H40ClN3O6S/c1-49(46,47)41-30-17-18-35-33(22-30)34(43)23-36(48-35)38(45)40-31(21-26-11-15-29(39)16-12-26)20-25-9-13-27(14-10-25)32-7-3-2-6-28(32)24-42-19-5-4-8-37(42)44/h2-3,6-7,11-12,15-18,20,22-23,27,31,41H,4-5,8-10,13-14,19,21,24H2,1H3,(H,40,45)/t27?,31-/m1/s1. The Hall–Kier alpha value is -4.41. The number of likely N-dealkylation sites (tertiary alicyclic amines) is 1. The van der Waals surface area contributed by atoms with Gasteiger partial charge in [0.05, 0.1) is 17.7 Å². The number of rotatable bonds is 10. The Morgan fingerprint density at radius 2 is 1.76 bits per heavy atom. The first-order valence-electron chi connectivity index (χ1n) is 16.7. The number of halogens is 1. The third kappa shape index (κ3) is 8.99. The van der Waals surface area contributed by atoms with E-state index in [2.05, 4.69) is 40.4 Å². The molecule has 1 atom stereocenters. The predicted octanol–water partition coefficient (Wildman–Crippen LogP) is 6.96. The number of carbonyl (C=O) groups excluding carboxylic acids is 2. The molecule has 49 heavy (non-hydrogen) atoms. The van der Waals surface area contributed by atoms with Crippen LogP contribution in [0.5, 0.6) is 0 Å². The number of allylic oxidation sites excluding steroid dienone is 1. The highest BCUT2D eigenvalue weighted by Gasteiger charge is 2.25. The van der Waals surface area contributed by atoms with E-state index in [1.54, 1.807) is 0 Å². The Bertz CT molecular complexity index is 2050. The first-order valence-corrected chi connectivity index (χ1v) is 18.9. The third-order valence-corrected chi connectivity index (χ3v) is 10.1. The molecule has 1 aromatic heterocycles. The summed E-state index contributed by atoms with van der Waals surface area (Å²) in [6.45, 7) is 1.48. The topological polar surface area (TPSA) is 126 Å². The minimum absolute atomic E-state index is 0.131. The average Bonchev–Trinajstić information content (AvgIpc) is 3.07. The maximum absolute atomic E-state index is 13.5. The molecule has 0 bridgehead atoms. The third-order valence-electron chi connectivity index (χ3n) is 9.28. The van der Waals surface area contributed by atoms with Crippen LogP contribution < -0.4 is 15.5 Å². The Balaban J connectivity index is 1.19. The summed E-state index contributed by atoms with van der Waals surface area (Å²) in [5, 5.41) is 3.85. The maximum atomic E-state index is 13.5. The van der Waals surface area contributed by atoms with E-state index in [1.807, 2.05) is 29.2 Å². The molecule has 0 radical (unpaired) electrons. The van der Waals surface area contributed by atoms with Gasteiger partial charge in [0.25, 0.3) is 5.91 Å². The van der Waals surface area contributed by atoms with Gasteiger partial charge < -0.3 is 14.6 Å². The minimum atomic E-state index is -3.53. The lowest BCUT2D eigenvalue weighted by Crippen LogP contribution is -2.36. The number of hydrogen-bond acceptors (Lipinski definition) is 6. The molecular formula is C38H40ClN3O6S. The normalized spacial score (nSPS) is 17.5. The van der Waals surface area contributed by atoms with Gasteiger partial charge in [-0.15, -0.1) is 0 Å². The molecule has 11 heteroatoms. The molecule has 2 heterocycles. The molecule has 9 nitrogen and oxygen atoms in total. The Morgan fingerprint density at radius 3 is 2.49 bits per heavy atom. The first-order chi connectivity index (χ1) is 23.5. The van der Waals surface area contributed by atoms with Crippen molar-refractivity contribution >= 4 is 50.1 Å². The molecule has 256 valence electrons. The second-order valence-corrected chi connectivity index (χ2v) is 15.2. The summed E-state index contributed by atoms with van der Waals surface area (Å²) in [5.74, 6) is -0.0309. The van der Waals surface area contributed by atoms with Gasteiger partial charge in [0.15, 0.2) is 11.2 Å². The summed E-state index contributed by atoms with van der Waals surface area (Å²) >= 11 is 6.13. The number of fused-ring (bicyclic) bond motifs is 1. The van der Waals surface area contributed by atoms with Gasteiger partial charge in [-0.25, -0.2) is 8.42 Å². The van der Waals surface area contributed by atoms with E-state index in [1.165, 1.54) is 34.9 Å². The van der Waals surface area contributed by atoms with E-state index in [4.69, 9.17) is 16.0 Å². The van der Waals surface area contributed by atoms with Crippen molar-refractivity contribution in [3.8, 4) is 0 Å². The van der Waals surface area contributed by atoms with Crippen LogP contribution in [0.3, 0.4) is 0 Å². The molecule has 0 spiro atoms. The van der Waals surface area contributed by atoms with Crippen LogP contribution in [0.1, 0.15) is 78.1 Å². The van der Waals surface area contributed by atoms with Crippen LogP contribution in [0.15, 0.2) is 93.7 Å². The number of benzene rings is 3. The molecule has 1 saturated heterocycles. The van der Waals surface area contributed by atoms with Crippen molar-refractivity contribution in [2.45, 2.75) is 69.9 Å². The summed E-state index contributed by atoms with van der Waals surface area (Å²) in [7, 11) is -3.53. The number of anilines is 1. The second kappa shape index (κ2) is 15.0. The van der Waals surface area contributed by atoms with Crippen molar-refractivity contribution in [3.63, 3.8) is 0 Å². The van der Waals surface area contributed by atoms with Gasteiger partial charge in [-0.05, 0) is 97.9 Å². The Morgan fingerprint density at radius 1 is 1.00 bits per heavy atom. The van der Waals surface area contributed by atoms with E-state index >= 15 is 0 Å². The van der Waals surface area contributed by atoms with E-state index in [-0.39, 0.29) is 34.4 Å². The summed E-state index contributed by atoms with van der Waals surface area (Å²) < 4.78 is 31.5. The van der Waals surface area contributed by atoms with Gasteiger partial charge in [-0.1, -0.05) is 59.6 Å². The zero-order valence-corrected chi connectivity index (χ0v) is 29.0. The smallest absolute Gasteiger partial charge is 0.287 e. The predicted molar refractivity (Wildman–Crippen MR) is 192 cm³/mol. The number of hydrogen-bond donors (Lipinski definition) is 2. The molecule has 0 unspecified atom stereocenters. The number of piperidine rings is 1. The number of sulfonamides is 1. The zero-order valence-electron chi connectivity index (χ0n) is 27.4. The van der Waals surface area contributed by atoms with Crippen LogP contribution in [0.25, 0.3) is 11.0 Å². The highest BCUT2D eigenvalue weighted by molar-refractivity contribution is 7.92. The van der Waals surface area contributed by atoms with Crippen LogP contribution in [0.2, 0.25) is 5.02 Å². The highest BCUT2D eigenvalue weighted by atomic mass is 35.5. The number of carbonyl (C=O) groups is 2. The molecule has 1 aliphatic carbocycles. The lowest BCUT2D eigenvalue weighted by Gasteiger charge is -2.31. The van der Waals surface area contributed by atoms with Gasteiger partial charge in [0.1, 0.15) is 5.58 Å². The highest BCUT2D eigenvalue weighted by Crippen LogP contribution is 2.37. The fourth-order valence-corrected chi connectivity index (χ4v) is 7.55. The van der Waals surface area contributed by atoms with Crippen LogP contribution in [0.4, 0.5) is 5.69 Å². The van der Waals surface area contributed by atoms with Gasteiger partial charge in [-0.3, -0.25) is 19.1 Å². The Labute approximate surface area is 291 Å². The van der Waals surface area contributed by atoms with E-state index < -0.39 is 21.4 Å². The van der Waals surface area contributed by atoms with Crippen molar-refractivity contribution in [3.05, 3.63) is 122 Å². The summed E-state index contributed by atoms with van der Waals surface area (Å²) in [6.07, 6.45) is 10.0. The maximum Gasteiger partial charge on any atom is 0.287 e. The van der Waals surface area contributed by atoms with Gasteiger partial charge in [-0.2, -0.15) is 0 Å². The Kier molecular flexibility index (Phi) is 10.6. The molecule has 6 rings (SSSR count). The molecule has 2 fully saturated rings. The zero-order chi connectivity index (χ0) is 34.5. The molecule has 2 aliphatic rings. The molecule has 1 aliphatic heterocycles. The van der Waals surface area contributed by atoms with E-state index in [0.717, 1.165) is 63.0 Å². The molecule has 2 N–H and O–H groups in total. The van der Waals surface area contributed by atoms with Crippen molar-refractivity contribution < 1.29 is 22.4 Å². The van der Waals surface area contributed by atoms with Gasteiger partial charge in [0, 0.05) is 36.3 Å². The second-order valence-electron chi connectivity index (χ2n) is 13.0. The minimum Gasteiger partial charge on any atom is -0.451 e. The largest absolute Gasteiger partial charge is 0.451 e. The van der Waals surface area contributed by atoms with Crippen LogP contribution in [-0.4, -0.2) is 44.0 Å². The van der Waals surface area contributed by atoms with Crippen molar-refractivity contribution in [2.24, 2.45) is 0 Å². The summed E-state index contributed by atoms with van der Waals surface area (Å²) in [4.78, 5) is 41.0. The number of amides is 2. The summed E-state index contributed by atoms with van der Waals surface area (Å²) in [5.41, 5.74) is 4.73. The lowest BCUT2D eigenvalue weighted by atomic mass is 9.79. The van der Waals surface area contributed by atoms with Crippen LogP contribution in [0, 0.1) is 0 Å².